The zero-order valence-electron chi connectivity index (χ0n) is 16.1. The van der Waals surface area contributed by atoms with Gasteiger partial charge >= 0.3 is 0 Å². The molecule has 0 aliphatic carbocycles. The summed E-state index contributed by atoms with van der Waals surface area (Å²) in [5, 5.41) is 5.35. The van der Waals surface area contributed by atoms with E-state index in [1.807, 2.05) is 48.4 Å². The Hall–Kier alpha value is -2.51. The molecule has 29 heavy (non-hydrogen) atoms. The van der Waals surface area contributed by atoms with Crippen LogP contribution in [-0.2, 0) is 11.2 Å². The molecule has 0 bridgehead atoms. The number of nitrogens with one attached hydrogen (secondary N) is 1. The topological polar surface area (TPSA) is 62.3 Å². The van der Waals surface area contributed by atoms with Crippen LogP contribution in [0.15, 0.2) is 52.3 Å². The van der Waals surface area contributed by atoms with E-state index in [4.69, 9.17) is 0 Å². The molecular weight excluding hydrogens is 450 g/mol. The summed E-state index contributed by atoms with van der Waals surface area (Å²) in [7, 11) is 0. The number of fused-ring (bicyclic) bond motifs is 1. The number of nitrogens with zero attached hydrogens (tertiary/aromatic N) is 2. The Kier molecular flexibility index (Phi) is 5.52. The van der Waals surface area contributed by atoms with Gasteiger partial charge in [0.15, 0.2) is 5.13 Å². The summed E-state index contributed by atoms with van der Waals surface area (Å²) in [6.07, 6.45) is 0.846. The van der Waals surface area contributed by atoms with Crippen molar-refractivity contribution in [1.82, 2.24) is 4.98 Å². The van der Waals surface area contributed by atoms with Gasteiger partial charge in [0.2, 0.25) is 5.91 Å². The lowest BCUT2D eigenvalue weighted by molar-refractivity contribution is -0.121. The molecule has 148 valence electrons. The van der Waals surface area contributed by atoms with Crippen molar-refractivity contribution in [1.29, 1.82) is 0 Å². The molecule has 1 aliphatic rings. The fraction of sp³-hybridized carbons (Fsp3) is 0.227. The minimum absolute atomic E-state index is 0.0175. The highest BCUT2D eigenvalue weighted by Crippen LogP contribution is 2.34. The fourth-order valence-corrected chi connectivity index (χ4v) is 4.32. The summed E-state index contributed by atoms with van der Waals surface area (Å²) < 4.78 is 0.927. The number of benzene rings is 2. The van der Waals surface area contributed by atoms with Crippen molar-refractivity contribution in [2.24, 2.45) is 5.92 Å². The molecule has 0 atom stereocenters. The summed E-state index contributed by atoms with van der Waals surface area (Å²) in [6.45, 7) is 4.57. The van der Waals surface area contributed by atoms with E-state index in [9.17, 15) is 9.59 Å². The minimum Gasteiger partial charge on any atom is -0.312 e. The van der Waals surface area contributed by atoms with Crippen molar-refractivity contribution in [2.75, 3.05) is 16.8 Å². The lowest BCUT2D eigenvalue weighted by Gasteiger charge is -2.19. The highest BCUT2D eigenvalue weighted by molar-refractivity contribution is 9.10. The van der Waals surface area contributed by atoms with Gasteiger partial charge in [0.25, 0.3) is 5.91 Å². The molecule has 3 aromatic rings. The predicted octanol–water partition coefficient (Wildman–Crippen LogP) is 5.37. The second kappa shape index (κ2) is 8.08. The van der Waals surface area contributed by atoms with E-state index >= 15 is 0 Å². The number of hydrogen-bond donors (Lipinski definition) is 1. The third-order valence-corrected chi connectivity index (χ3v) is 6.15. The van der Waals surface area contributed by atoms with Gasteiger partial charge in [-0.05, 0) is 48.4 Å². The molecule has 4 rings (SSSR count). The molecule has 2 aromatic carbocycles. The monoisotopic (exact) mass is 469 g/mol. The highest BCUT2D eigenvalue weighted by atomic mass is 79.9. The molecule has 5 nitrogen and oxygen atoms in total. The number of rotatable bonds is 4. The number of carbonyl (C=O) groups excluding carboxylic acids is 2. The van der Waals surface area contributed by atoms with Gasteiger partial charge in [-0.2, -0.15) is 0 Å². The van der Waals surface area contributed by atoms with Crippen LogP contribution in [-0.4, -0.2) is 23.3 Å². The average molecular weight is 470 g/mol. The van der Waals surface area contributed by atoms with Gasteiger partial charge in [-0.15, -0.1) is 11.3 Å². The van der Waals surface area contributed by atoms with Gasteiger partial charge in [-0.3, -0.25) is 14.9 Å². The predicted molar refractivity (Wildman–Crippen MR) is 121 cm³/mol. The Labute approximate surface area is 181 Å². The second-order valence-electron chi connectivity index (χ2n) is 7.24. The first kappa shape index (κ1) is 19.8. The fourth-order valence-electron chi connectivity index (χ4n) is 3.34. The molecular formula is C22H20BrN3O2S. The van der Waals surface area contributed by atoms with E-state index in [0.29, 0.717) is 10.7 Å². The molecule has 0 saturated carbocycles. The average Bonchev–Trinajstić information content (AvgIpc) is 3.34. The molecule has 1 N–H and O–H groups in total. The smallest absolute Gasteiger partial charge is 0.257 e. The van der Waals surface area contributed by atoms with Crippen LogP contribution >= 0.6 is 27.3 Å². The van der Waals surface area contributed by atoms with Gasteiger partial charge in [0.1, 0.15) is 0 Å². The van der Waals surface area contributed by atoms with Crippen molar-refractivity contribution in [2.45, 2.75) is 20.3 Å². The van der Waals surface area contributed by atoms with Crippen LogP contribution in [0.5, 0.6) is 0 Å². The summed E-state index contributed by atoms with van der Waals surface area (Å²) in [6, 6.07) is 13.3. The second-order valence-corrected chi connectivity index (χ2v) is 9.01. The number of halogens is 1. The molecule has 0 radical (unpaired) electrons. The Morgan fingerprint density at radius 1 is 1.17 bits per heavy atom. The first-order valence-electron chi connectivity index (χ1n) is 9.39. The lowest BCUT2D eigenvalue weighted by atomic mass is 10.1. The zero-order valence-corrected chi connectivity index (χ0v) is 18.5. The Balaban J connectivity index is 1.51. The Bertz CT molecular complexity index is 1080. The van der Waals surface area contributed by atoms with Crippen LogP contribution in [0, 0.1) is 5.92 Å². The number of thiazole rings is 1. The molecule has 1 aromatic heterocycles. The maximum atomic E-state index is 12.4. The van der Waals surface area contributed by atoms with Gasteiger partial charge in [-0.1, -0.05) is 35.8 Å². The Morgan fingerprint density at radius 3 is 2.66 bits per heavy atom. The Morgan fingerprint density at radius 2 is 1.93 bits per heavy atom. The maximum absolute atomic E-state index is 12.4. The van der Waals surface area contributed by atoms with Gasteiger partial charge < -0.3 is 4.90 Å². The largest absolute Gasteiger partial charge is 0.312 e. The first-order chi connectivity index (χ1) is 13.9. The molecule has 1 aliphatic heterocycles. The number of hydrogen-bond acceptors (Lipinski definition) is 4. The molecule has 0 saturated heterocycles. The standard InChI is InChI=1S/C22H20BrN3O2S/c1-13(2)21(28)26-10-9-16-11-15(5-8-19(16)26)18-12-29-22(24-18)25-20(27)14-3-6-17(23)7-4-14/h3-8,11-13H,9-10H2,1-2H3,(H,24,25,27). The van der Waals surface area contributed by atoms with E-state index in [0.717, 1.165) is 39.9 Å². The third-order valence-electron chi connectivity index (χ3n) is 4.86. The molecule has 0 fully saturated rings. The number of aromatic nitrogens is 1. The molecule has 0 unspecified atom stereocenters. The minimum atomic E-state index is -0.185. The normalized spacial score (nSPS) is 12.9. The third kappa shape index (κ3) is 4.11. The molecule has 7 heteroatoms. The van der Waals surface area contributed by atoms with E-state index in [2.05, 4.69) is 32.3 Å². The van der Waals surface area contributed by atoms with Crippen molar-refractivity contribution < 1.29 is 9.59 Å². The summed E-state index contributed by atoms with van der Waals surface area (Å²) >= 11 is 4.76. The van der Waals surface area contributed by atoms with Crippen LogP contribution in [0.2, 0.25) is 0 Å². The van der Waals surface area contributed by atoms with Crippen molar-refractivity contribution in [3.8, 4) is 11.3 Å². The van der Waals surface area contributed by atoms with Crippen LogP contribution in [0.25, 0.3) is 11.3 Å². The van der Waals surface area contributed by atoms with Crippen molar-refractivity contribution in [3.05, 3.63) is 63.4 Å². The lowest BCUT2D eigenvalue weighted by Crippen LogP contribution is -2.32. The van der Waals surface area contributed by atoms with Gasteiger partial charge in [0, 0.05) is 39.1 Å². The quantitative estimate of drug-likeness (QED) is 0.558. The van der Waals surface area contributed by atoms with E-state index in [1.165, 1.54) is 11.3 Å². The van der Waals surface area contributed by atoms with E-state index in [-0.39, 0.29) is 17.7 Å². The van der Waals surface area contributed by atoms with Crippen LogP contribution < -0.4 is 10.2 Å². The van der Waals surface area contributed by atoms with Gasteiger partial charge in [0.05, 0.1) is 5.69 Å². The molecule has 0 spiro atoms. The SMILES string of the molecule is CC(C)C(=O)N1CCc2cc(-c3csc(NC(=O)c4ccc(Br)cc4)n3)ccc21. The molecule has 2 amide bonds. The zero-order chi connectivity index (χ0) is 20.5. The first-order valence-corrected chi connectivity index (χ1v) is 11.1. The summed E-state index contributed by atoms with van der Waals surface area (Å²) in [4.78, 5) is 31.2. The number of carbonyl (C=O) groups is 2. The van der Waals surface area contributed by atoms with Crippen molar-refractivity contribution >= 4 is 49.9 Å². The van der Waals surface area contributed by atoms with E-state index < -0.39 is 0 Å². The number of anilines is 2. The number of amides is 2. The van der Waals surface area contributed by atoms with Crippen LogP contribution in [0.3, 0.4) is 0 Å². The maximum Gasteiger partial charge on any atom is 0.257 e. The summed E-state index contributed by atoms with van der Waals surface area (Å²) in [5.74, 6) is -0.0469. The van der Waals surface area contributed by atoms with E-state index in [1.54, 1.807) is 12.1 Å². The highest BCUT2D eigenvalue weighted by Gasteiger charge is 2.26. The van der Waals surface area contributed by atoms with Crippen LogP contribution in [0.4, 0.5) is 10.8 Å². The summed E-state index contributed by atoms with van der Waals surface area (Å²) in [5.41, 5.74) is 4.54. The van der Waals surface area contributed by atoms with Gasteiger partial charge in [-0.25, -0.2) is 4.98 Å². The van der Waals surface area contributed by atoms with Crippen molar-refractivity contribution in [3.63, 3.8) is 0 Å². The van der Waals surface area contributed by atoms with Crippen LogP contribution in [0.1, 0.15) is 29.8 Å². The molecule has 2 heterocycles.